The van der Waals surface area contributed by atoms with Crippen molar-refractivity contribution in [1.29, 1.82) is 0 Å². The minimum atomic E-state index is -0.999. The van der Waals surface area contributed by atoms with E-state index in [1.165, 1.54) is 6.07 Å². The Kier molecular flexibility index (Phi) is 3.63. The van der Waals surface area contributed by atoms with Crippen molar-refractivity contribution in [1.82, 2.24) is 10.1 Å². The van der Waals surface area contributed by atoms with Crippen molar-refractivity contribution in [3.63, 3.8) is 0 Å². The van der Waals surface area contributed by atoms with Gasteiger partial charge in [-0.05, 0) is 31.2 Å². The average molecular weight is 255 g/mol. The summed E-state index contributed by atoms with van der Waals surface area (Å²) in [5, 5.41) is 13.2. The second-order valence-corrected chi connectivity index (χ2v) is 3.68. The Morgan fingerprint density at radius 1 is 1.33 bits per heavy atom. The molecule has 0 bridgehead atoms. The molecule has 1 aromatic carbocycles. The smallest absolute Gasteiger partial charge is 0.255 e. The van der Waals surface area contributed by atoms with Gasteiger partial charge in [-0.2, -0.15) is 4.98 Å². The van der Waals surface area contributed by atoms with E-state index >= 15 is 0 Å². The minimum absolute atomic E-state index is 0.000170. The van der Waals surface area contributed by atoms with Gasteiger partial charge < -0.3 is 15.4 Å². The molecule has 1 heterocycles. The summed E-state index contributed by atoms with van der Waals surface area (Å²) in [6.07, 6.45) is -0.680. The number of aliphatic hydroxyl groups excluding tert-OH is 1. The molecule has 1 atom stereocenters. The first-order valence-corrected chi connectivity index (χ1v) is 5.29. The lowest BCUT2D eigenvalue weighted by molar-refractivity contribution is 0.127. The number of nitrogens with zero attached hydrogens (tertiary/aromatic N) is 2. The number of aromatic nitrogens is 2. The van der Waals surface area contributed by atoms with Crippen molar-refractivity contribution in [3.8, 4) is 11.4 Å². The topological polar surface area (TPSA) is 85.2 Å². The zero-order valence-corrected chi connectivity index (χ0v) is 9.31. The van der Waals surface area contributed by atoms with Gasteiger partial charge in [0, 0.05) is 5.56 Å². The molecule has 2 aromatic rings. The summed E-state index contributed by atoms with van der Waals surface area (Å²) >= 11 is 0. The molecule has 0 aliphatic carbocycles. The highest BCUT2D eigenvalue weighted by Gasteiger charge is 2.16. The third kappa shape index (κ3) is 2.52. The quantitative estimate of drug-likeness (QED) is 0.862. The summed E-state index contributed by atoms with van der Waals surface area (Å²) in [5.41, 5.74) is 5.55. The van der Waals surface area contributed by atoms with Gasteiger partial charge in [0.25, 0.3) is 5.89 Å². The summed E-state index contributed by atoms with van der Waals surface area (Å²) < 4.78 is 30.6. The monoisotopic (exact) mass is 255 g/mol. The van der Waals surface area contributed by atoms with E-state index in [1.54, 1.807) is 0 Å². The van der Waals surface area contributed by atoms with E-state index in [2.05, 4.69) is 10.1 Å². The largest absolute Gasteiger partial charge is 0.383 e. The molecule has 0 radical (unpaired) electrons. The van der Waals surface area contributed by atoms with Crippen molar-refractivity contribution < 1.29 is 18.4 Å². The second-order valence-electron chi connectivity index (χ2n) is 3.68. The number of rotatable bonds is 4. The van der Waals surface area contributed by atoms with Crippen LogP contribution in [0.5, 0.6) is 0 Å². The van der Waals surface area contributed by atoms with E-state index in [9.17, 15) is 13.9 Å². The van der Waals surface area contributed by atoms with Gasteiger partial charge in [-0.3, -0.25) is 0 Å². The summed E-state index contributed by atoms with van der Waals surface area (Å²) in [4.78, 5) is 3.90. The van der Waals surface area contributed by atoms with Crippen molar-refractivity contribution >= 4 is 0 Å². The molecule has 0 aliphatic heterocycles. The molecule has 96 valence electrons. The maximum Gasteiger partial charge on any atom is 0.255 e. The van der Waals surface area contributed by atoms with Crippen LogP contribution >= 0.6 is 0 Å². The number of nitrogens with two attached hydrogens (primary N) is 1. The fourth-order valence-corrected chi connectivity index (χ4v) is 1.40. The van der Waals surface area contributed by atoms with E-state index in [1.807, 2.05) is 0 Å². The third-order valence-corrected chi connectivity index (χ3v) is 2.34. The lowest BCUT2D eigenvalue weighted by Crippen LogP contribution is -2.06. The standard InChI is InChI=1S/C11H11F2N3O2/c12-7-2-1-6(5-8(7)13)10-15-11(18-16-10)9(17)3-4-14/h1-2,5,9,17H,3-4,14H2/t9-/m0/s1. The predicted octanol–water partition coefficient (Wildman–Crippen LogP) is 1.40. The molecule has 18 heavy (non-hydrogen) atoms. The normalized spacial score (nSPS) is 12.7. The molecule has 7 heteroatoms. The van der Waals surface area contributed by atoms with Gasteiger partial charge in [-0.25, -0.2) is 8.78 Å². The van der Waals surface area contributed by atoms with E-state index in [0.717, 1.165) is 12.1 Å². The first-order valence-electron chi connectivity index (χ1n) is 5.29. The first-order chi connectivity index (χ1) is 8.61. The Balaban J connectivity index is 2.26. The van der Waals surface area contributed by atoms with Gasteiger partial charge in [0.05, 0.1) is 0 Å². The van der Waals surface area contributed by atoms with Crippen molar-refractivity contribution in [2.45, 2.75) is 12.5 Å². The van der Waals surface area contributed by atoms with Crippen LogP contribution in [0.15, 0.2) is 22.7 Å². The molecule has 3 N–H and O–H groups in total. The van der Waals surface area contributed by atoms with Gasteiger partial charge in [0.1, 0.15) is 6.10 Å². The van der Waals surface area contributed by atoms with Crippen molar-refractivity contribution in [2.75, 3.05) is 6.54 Å². The molecule has 0 unspecified atom stereocenters. The number of hydrogen-bond donors (Lipinski definition) is 2. The van der Waals surface area contributed by atoms with Gasteiger partial charge in [0.15, 0.2) is 11.6 Å². The number of halogens is 2. The van der Waals surface area contributed by atoms with E-state index in [4.69, 9.17) is 10.3 Å². The number of hydrogen-bond acceptors (Lipinski definition) is 5. The average Bonchev–Trinajstić information content (AvgIpc) is 2.82. The summed E-state index contributed by atoms with van der Waals surface area (Å²) in [7, 11) is 0. The summed E-state index contributed by atoms with van der Waals surface area (Å²) in [6.45, 7) is 0.268. The molecule has 0 amide bonds. The molecule has 0 fully saturated rings. The molecule has 0 saturated heterocycles. The molecule has 0 spiro atoms. The molecule has 1 aromatic heterocycles. The van der Waals surface area contributed by atoms with Crippen molar-refractivity contribution in [2.24, 2.45) is 5.73 Å². The van der Waals surface area contributed by atoms with E-state index in [0.29, 0.717) is 0 Å². The van der Waals surface area contributed by atoms with Crippen LogP contribution in [0.4, 0.5) is 8.78 Å². The zero-order valence-electron chi connectivity index (χ0n) is 9.31. The molecular weight excluding hydrogens is 244 g/mol. The summed E-state index contributed by atoms with van der Waals surface area (Å²) in [6, 6.07) is 3.25. The van der Waals surface area contributed by atoms with Crippen LogP contribution in [0.2, 0.25) is 0 Å². The Labute approximate surface area is 101 Å². The minimum Gasteiger partial charge on any atom is -0.383 e. The van der Waals surface area contributed by atoms with E-state index < -0.39 is 17.7 Å². The third-order valence-electron chi connectivity index (χ3n) is 2.34. The Hall–Kier alpha value is -1.86. The molecule has 0 saturated carbocycles. The van der Waals surface area contributed by atoms with Crippen LogP contribution in [-0.4, -0.2) is 21.8 Å². The highest BCUT2D eigenvalue weighted by molar-refractivity contribution is 5.54. The van der Waals surface area contributed by atoms with E-state index in [-0.39, 0.29) is 30.2 Å². The van der Waals surface area contributed by atoms with Gasteiger partial charge in [-0.1, -0.05) is 5.16 Å². The lowest BCUT2D eigenvalue weighted by atomic mass is 10.2. The fraction of sp³-hybridized carbons (Fsp3) is 0.273. The van der Waals surface area contributed by atoms with Crippen LogP contribution in [0.1, 0.15) is 18.4 Å². The first kappa shape index (κ1) is 12.6. The highest BCUT2D eigenvalue weighted by atomic mass is 19.2. The van der Waals surface area contributed by atoms with Gasteiger partial charge in [-0.15, -0.1) is 0 Å². The molecule has 2 rings (SSSR count). The second kappa shape index (κ2) is 5.19. The van der Waals surface area contributed by atoms with Crippen LogP contribution in [0.3, 0.4) is 0 Å². The summed E-state index contributed by atoms with van der Waals surface area (Å²) in [5.74, 6) is -1.87. The predicted molar refractivity (Wildman–Crippen MR) is 58.3 cm³/mol. The zero-order chi connectivity index (χ0) is 13.1. The fourth-order valence-electron chi connectivity index (χ4n) is 1.40. The molecular formula is C11H11F2N3O2. The Bertz CT molecular complexity index is 545. The maximum absolute atomic E-state index is 13.0. The Morgan fingerprint density at radius 3 is 2.78 bits per heavy atom. The van der Waals surface area contributed by atoms with Crippen LogP contribution < -0.4 is 5.73 Å². The van der Waals surface area contributed by atoms with Crippen LogP contribution in [0, 0.1) is 11.6 Å². The molecule has 5 nitrogen and oxygen atoms in total. The SMILES string of the molecule is NCC[C@H](O)c1nc(-c2ccc(F)c(F)c2)no1. The van der Waals surface area contributed by atoms with Gasteiger partial charge in [0.2, 0.25) is 5.82 Å². The van der Waals surface area contributed by atoms with Gasteiger partial charge >= 0.3 is 0 Å². The molecule has 0 aliphatic rings. The van der Waals surface area contributed by atoms with Crippen molar-refractivity contribution in [3.05, 3.63) is 35.7 Å². The maximum atomic E-state index is 13.0. The number of aliphatic hydroxyl groups is 1. The number of benzene rings is 1. The van der Waals surface area contributed by atoms with Crippen LogP contribution in [0.25, 0.3) is 11.4 Å². The highest BCUT2D eigenvalue weighted by Crippen LogP contribution is 2.21. The Morgan fingerprint density at radius 2 is 2.11 bits per heavy atom. The lowest BCUT2D eigenvalue weighted by Gasteiger charge is -2.01. The van der Waals surface area contributed by atoms with Crippen LogP contribution in [-0.2, 0) is 0 Å².